The van der Waals surface area contributed by atoms with Crippen molar-refractivity contribution in [1.29, 1.82) is 0 Å². The molecule has 1 aromatic rings. The maximum atomic E-state index is 12.4. The predicted octanol–water partition coefficient (Wildman–Crippen LogP) is 2.73. The molecule has 1 aromatic carbocycles. The molecule has 0 radical (unpaired) electrons. The lowest BCUT2D eigenvalue weighted by Gasteiger charge is -2.38. The maximum absolute atomic E-state index is 12.4. The number of amides is 1. The van der Waals surface area contributed by atoms with Gasteiger partial charge in [-0.2, -0.15) is 13.2 Å². The zero-order chi connectivity index (χ0) is 18.4. The highest BCUT2D eigenvalue weighted by Gasteiger charge is 2.30. The van der Waals surface area contributed by atoms with Crippen molar-refractivity contribution < 1.29 is 27.4 Å². The third-order valence-electron chi connectivity index (χ3n) is 4.07. The Labute approximate surface area is 144 Å². The van der Waals surface area contributed by atoms with Gasteiger partial charge in [0, 0.05) is 18.6 Å². The summed E-state index contributed by atoms with van der Waals surface area (Å²) >= 11 is 0. The molecule has 2 atom stereocenters. The van der Waals surface area contributed by atoms with Gasteiger partial charge in [-0.3, -0.25) is 4.79 Å². The van der Waals surface area contributed by atoms with Crippen LogP contribution in [0.1, 0.15) is 26.2 Å². The molecule has 2 rings (SSSR count). The Balaban J connectivity index is 1.97. The molecule has 0 bridgehead atoms. The molecule has 0 unspecified atom stereocenters. The van der Waals surface area contributed by atoms with Crippen molar-refractivity contribution in [2.45, 2.75) is 44.4 Å². The predicted molar refractivity (Wildman–Crippen MR) is 86.5 cm³/mol. The van der Waals surface area contributed by atoms with Gasteiger partial charge in [-0.25, -0.2) is 0 Å². The summed E-state index contributed by atoms with van der Waals surface area (Å²) in [4.78, 5) is 14.1. The molecule has 1 fully saturated rings. The number of rotatable bonds is 6. The standard InChI is InChI=1S/C17H23F3N2O3/c1-12(21)13-6-4-5-9-22(13)16(23)10-24-14-7-2-3-8-15(14)25-11-17(18,19)20/h2-3,7-8,12-13H,4-6,9-11,21H2,1H3/t12-,13-/m0/s1. The van der Waals surface area contributed by atoms with E-state index in [0.29, 0.717) is 6.54 Å². The van der Waals surface area contributed by atoms with Crippen molar-refractivity contribution in [3.63, 3.8) is 0 Å². The van der Waals surface area contributed by atoms with Gasteiger partial charge in [0.2, 0.25) is 0 Å². The Bertz CT molecular complexity index is 579. The SMILES string of the molecule is C[C@H](N)[C@@H]1CCCCN1C(=O)COc1ccccc1OCC(F)(F)F. The van der Waals surface area contributed by atoms with Gasteiger partial charge in [-0.15, -0.1) is 0 Å². The van der Waals surface area contributed by atoms with Crippen molar-refractivity contribution in [1.82, 2.24) is 4.90 Å². The van der Waals surface area contributed by atoms with Crippen LogP contribution in [0.25, 0.3) is 0 Å². The van der Waals surface area contributed by atoms with Gasteiger partial charge in [0.25, 0.3) is 5.91 Å². The molecule has 0 spiro atoms. The molecule has 25 heavy (non-hydrogen) atoms. The number of halogens is 3. The molecular formula is C17H23F3N2O3. The number of piperidine rings is 1. The van der Waals surface area contributed by atoms with E-state index in [4.69, 9.17) is 15.2 Å². The number of hydrogen-bond acceptors (Lipinski definition) is 4. The van der Waals surface area contributed by atoms with E-state index in [1.54, 1.807) is 11.0 Å². The number of nitrogens with two attached hydrogens (primary N) is 1. The van der Waals surface area contributed by atoms with Gasteiger partial charge in [0.1, 0.15) is 0 Å². The van der Waals surface area contributed by atoms with Crippen LogP contribution >= 0.6 is 0 Å². The van der Waals surface area contributed by atoms with Gasteiger partial charge in [0.15, 0.2) is 24.7 Å². The first-order valence-electron chi connectivity index (χ1n) is 8.24. The highest BCUT2D eigenvalue weighted by atomic mass is 19.4. The van der Waals surface area contributed by atoms with Crippen LogP contribution in [0.2, 0.25) is 0 Å². The lowest BCUT2D eigenvalue weighted by Crippen LogP contribution is -2.52. The first-order valence-corrected chi connectivity index (χ1v) is 8.24. The normalized spacial score (nSPS) is 19.4. The van der Waals surface area contributed by atoms with Crippen LogP contribution in [-0.2, 0) is 4.79 Å². The number of benzene rings is 1. The topological polar surface area (TPSA) is 64.8 Å². The molecular weight excluding hydrogens is 337 g/mol. The Morgan fingerprint density at radius 3 is 2.52 bits per heavy atom. The Kier molecular flexibility index (Phi) is 6.52. The molecule has 1 saturated heterocycles. The molecule has 1 aliphatic heterocycles. The summed E-state index contributed by atoms with van der Waals surface area (Å²) in [6.07, 6.45) is -1.68. The summed E-state index contributed by atoms with van der Waals surface area (Å²) < 4.78 is 47.1. The third-order valence-corrected chi connectivity index (χ3v) is 4.07. The number of para-hydroxylation sites is 2. The van der Waals surface area contributed by atoms with Crippen molar-refractivity contribution in [2.24, 2.45) is 5.73 Å². The van der Waals surface area contributed by atoms with Gasteiger partial charge >= 0.3 is 6.18 Å². The second kappa shape index (κ2) is 8.42. The second-order valence-corrected chi connectivity index (χ2v) is 6.15. The molecule has 0 saturated carbocycles. The lowest BCUT2D eigenvalue weighted by molar-refractivity contribution is -0.153. The van der Waals surface area contributed by atoms with E-state index in [2.05, 4.69) is 0 Å². The molecule has 2 N–H and O–H groups in total. The van der Waals surface area contributed by atoms with Gasteiger partial charge < -0.3 is 20.1 Å². The molecule has 1 heterocycles. The fourth-order valence-electron chi connectivity index (χ4n) is 2.88. The van der Waals surface area contributed by atoms with Crippen LogP contribution in [0.15, 0.2) is 24.3 Å². The fourth-order valence-corrected chi connectivity index (χ4v) is 2.88. The van der Waals surface area contributed by atoms with Gasteiger partial charge in [-0.1, -0.05) is 12.1 Å². The minimum Gasteiger partial charge on any atom is -0.480 e. The first kappa shape index (κ1) is 19.4. The van der Waals surface area contributed by atoms with Gasteiger partial charge in [-0.05, 0) is 38.3 Å². The summed E-state index contributed by atoms with van der Waals surface area (Å²) in [5.74, 6) is -0.169. The molecule has 8 heteroatoms. The van der Waals surface area contributed by atoms with Gasteiger partial charge in [0.05, 0.1) is 0 Å². The highest BCUT2D eigenvalue weighted by molar-refractivity contribution is 5.78. The number of ether oxygens (including phenoxy) is 2. The largest absolute Gasteiger partial charge is 0.480 e. The lowest BCUT2D eigenvalue weighted by atomic mass is 9.97. The zero-order valence-electron chi connectivity index (χ0n) is 14.1. The van der Waals surface area contributed by atoms with Crippen LogP contribution in [-0.4, -0.2) is 48.8 Å². The van der Waals surface area contributed by atoms with Crippen molar-refractivity contribution in [3.05, 3.63) is 24.3 Å². The Morgan fingerprint density at radius 1 is 1.28 bits per heavy atom. The van der Waals surface area contributed by atoms with E-state index < -0.39 is 12.8 Å². The number of likely N-dealkylation sites (tertiary alicyclic amines) is 1. The summed E-state index contributed by atoms with van der Waals surface area (Å²) in [5.41, 5.74) is 5.95. The average molecular weight is 360 g/mol. The quantitative estimate of drug-likeness (QED) is 0.847. The van der Waals surface area contributed by atoms with Crippen LogP contribution < -0.4 is 15.2 Å². The van der Waals surface area contributed by atoms with E-state index >= 15 is 0 Å². The van der Waals surface area contributed by atoms with Crippen molar-refractivity contribution >= 4 is 5.91 Å². The minimum absolute atomic E-state index is 0.0402. The van der Waals surface area contributed by atoms with Crippen LogP contribution in [0.5, 0.6) is 11.5 Å². The van der Waals surface area contributed by atoms with E-state index in [9.17, 15) is 18.0 Å². The molecule has 0 aliphatic carbocycles. The van der Waals surface area contributed by atoms with E-state index in [-0.39, 0.29) is 36.1 Å². The Hall–Kier alpha value is -1.96. The number of hydrogen-bond donors (Lipinski definition) is 1. The smallest absolute Gasteiger partial charge is 0.422 e. The van der Waals surface area contributed by atoms with Crippen molar-refractivity contribution in [3.8, 4) is 11.5 Å². The maximum Gasteiger partial charge on any atom is 0.422 e. The Morgan fingerprint density at radius 2 is 1.92 bits per heavy atom. The summed E-state index contributed by atoms with van der Waals surface area (Å²) in [5, 5.41) is 0. The molecule has 1 aliphatic rings. The molecule has 5 nitrogen and oxygen atoms in total. The number of carbonyl (C=O) groups excluding carboxylic acids is 1. The second-order valence-electron chi connectivity index (χ2n) is 6.15. The minimum atomic E-state index is -4.44. The monoisotopic (exact) mass is 360 g/mol. The van der Waals surface area contributed by atoms with Crippen LogP contribution in [0, 0.1) is 0 Å². The van der Waals surface area contributed by atoms with Crippen molar-refractivity contribution in [2.75, 3.05) is 19.8 Å². The van der Waals surface area contributed by atoms with E-state index in [1.165, 1.54) is 18.2 Å². The summed E-state index contributed by atoms with van der Waals surface area (Å²) in [6, 6.07) is 5.80. The number of carbonyl (C=O) groups is 1. The third kappa shape index (κ3) is 5.81. The summed E-state index contributed by atoms with van der Waals surface area (Å²) in [7, 11) is 0. The zero-order valence-corrected chi connectivity index (χ0v) is 14.1. The molecule has 0 aromatic heterocycles. The highest BCUT2D eigenvalue weighted by Crippen LogP contribution is 2.28. The first-order chi connectivity index (χ1) is 11.8. The van der Waals surface area contributed by atoms with Crippen LogP contribution in [0.4, 0.5) is 13.2 Å². The van der Waals surface area contributed by atoms with E-state index in [0.717, 1.165) is 19.3 Å². The average Bonchev–Trinajstić information content (AvgIpc) is 2.57. The van der Waals surface area contributed by atoms with E-state index in [1.807, 2.05) is 6.92 Å². The summed E-state index contributed by atoms with van der Waals surface area (Å²) in [6.45, 7) is 0.786. The molecule has 1 amide bonds. The number of alkyl halides is 3. The number of nitrogens with zero attached hydrogens (tertiary/aromatic N) is 1. The van der Waals surface area contributed by atoms with Crippen LogP contribution in [0.3, 0.4) is 0 Å². The molecule has 140 valence electrons. The fraction of sp³-hybridized carbons (Fsp3) is 0.588.